The van der Waals surface area contributed by atoms with Crippen molar-refractivity contribution in [2.45, 2.75) is 38.8 Å². The van der Waals surface area contributed by atoms with Crippen LogP contribution in [0.15, 0.2) is 18.2 Å². The molecule has 0 bridgehead atoms. The first-order valence-electron chi connectivity index (χ1n) is 10.1. The Hall–Kier alpha value is -2.91. The molecule has 1 saturated heterocycles. The SMILES string of the molecule is COc1ccc(-c2nnc(N[C@@H]3CCCN(CCC(=O)O)C3)c(CN)c2C)c(O)c1. The molecule has 1 aliphatic heterocycles. The Morgan fingerprint density at radius 1 is 1.40 bits per heavy atom. The van der Waals surface area contributed by atoms with Crippen LogP contribution in [0.2, 0.25) is 0 Å². The van der Waals surface area contributed by atoms with Crippen LogP contribution in [0.1, 0.15) is 30.4 Å². The van der Waals surface area contributed by atoms with E-state index in [2.05, 4.69) is 20.4 Å². The second-order valence-electron chi connectivity index (χ2n) is 7.52. The van der Waals surface area contributed by atoms with Crippen molar-refractivity contribution in [1.82, 2.24) is 15.1 Å². The van der Waals surface area contributed by atoms with Crippen molar-refractivity contribution in [3.8, 4) is 22.8 Å². The molecule has 9 nitrogen and oxygen atoms in total. The number of nitrogens with zero attached hydrogens (tertiary/aromatic N) is 3. The first kappa shape index (κ1) is 21.8. The summed E-state index contributed by atoms with van der Waals surface area (Å²) in [4.78, 5) is 13.0. The van der Waals surface area contributed by atoms with E-state index in [0.717, 1.165) is 37.1 Å². The number of rotatable bonds is 8. The average molecular weight is 415 g/mol. The minimum Gasteiger partial charge on any atom is -0.507 e. The highest BCUT2D eigenvalue weighted by atomic mass is 16.5. The summed E-state index contributed by atoms with van der Waals surface area (Å²) in [5.74, 6) is 0.479. The maximum Gasteiger partial charge on any atom is 0.304 e. The van der Waals surface area contributed by atoms with Gasteiger partial charge < -0.3 is 30.9 Å². The van der Waals surface area contributed by atoms with Crippen LogP contribution in [0.25, 0.3) is 11.3 Å². The molecule has 1 aliphatic rings. The predicted molar refractivity (Wildman–Crippen MR) is 114 cm³/mol. The van der Waals surface area contributed by atoms with Gasteiger partial charge in [0.2, 0.25) is 0 Å². The molecule has 162 valence electrons. The maximum atomic E-state index is 10.8. The number of methoxy groups -OCH3 is 1. The summed E-state index contributed by atoms with van der Waals surface area (Å²) >= 11 is 0. The number of aliphatic carboxylic acids is 1. The zero-order chi connectivity index (χ0) is 21.7. The molecule has 5 N–H and O–H groups in total. The van der Waals surface area contributed by atoms with Crippen LogP contribution in [0.3, 0.4) is 0 Å². The molecule has 0 radical (unpaired) electrons. The smallest absolute Gasteiger partial charge is 0.304 e. The monoisotopic (exact) mass is 415 g/mol. The summed E-state index contributed by atoms with van der Waals surface area (Å²) in [7, 11) is 1.54. The van der Waals surface area contributed by atoms with Crippen molar-refractivity contribution >= 4 is 11.8 Å². The van der Waals surface area contributed by atoms with Crippen molar-refractivity contribution < 1.29 is 19.7 Å². The van der Waals surface area contributed by atoms with E-state index in [1.165, 1.54) is 0 Å². The number of nitrogens with one attached hydrogen (secondary N) is 1. The summed E-state index contributed by atoms with van der Waals surface area (Å²) in [6.07, 6.45) is 2.09. The van der Waals surface area contributed by atoms with Crippen molar-refractivity contribution in [1.29, 1.82) is 0 Å². The molecular weight excluding hydrogens is 386 g/mol. The zero-order valence-electron chi connectivity index (χ0n) is 17.4. The van der Waals surface area contributed by atoms with Crippen LogP contribution in [-0.4, -0.2) is 64.1 Å². The average Bonchev–Trinajstić information content (AvgIpc) is 2.73. The highest BCUT2D eigenvalue weighted by Gasteiger charge is 2.23. The molecule has 1 aromatic heterocycles. The van der Waals surface area contributed by atoms with Crippen LogP contribution < -0.4 is 15.8 Å². The summed E-state index contributed by atoms with van der Waals surface area (Å²) in [5, 5.41) is 31.5. The van der Waals surface area contributed by atoms with Gasteiger partial charge in [0, 0.05) is 42.9 Å². The number of aromatic hydroxyl groups is 1. The molecule has 0 aliphatic carbocycles. The molecule has 0 amide bonds. The third-order valence-corrected chi connectivity index (χ3v) is 5.50. The van der Waals surface area contributed by atoms with Crippen LogP contribution in [0, 0.1) is 6.92 Å². The number of nitrogens with two attached hydrogens (primary N) is 1. The number of aromatic nitrogens is 2. The van der Waals surface area contributed by atoms with Gasteiger partial charge in [-0.25, -0.2) is 0 Å². The predicted octanol–water partition coefficient (Wildman–Crippen LogP) is 1.98. The van der Waals surface area contributed by atoms with Gasteiger partial charge in [-0.05, 0) is 44.0 Å². The number of phenols is 1. The van der Waals surface area contributed by atoms with E-state index in [9.17, 15) is 9.90 Å². The van der Waals surface area contributed by atoms with Crippen molar-refractivity contribution in [3.05, 3.63) is 29.3 Å². The number of phenolic OH excluding ortho intramolecular Hbond substituents is 1. The number of carboxylic acids is 1. The molecule has 1 fully saturated rings. The molecule has 1 atom stereocenters. The normalized spacial score (nSPS) is 17.0. The minimum absolute atomic E-state index is 0.0665. The fourth-order valence-corrected chi connectivity index (χ4v) is 3.84. The van der Waals surface area contributed by atoms with Gasteiger partial charge in [0.1, 0.15) is 17.2 Å². The lowest BCUT2D eigenvalue weighted by Gasteiger charge is -2.33. The molecule has 0 saturated carbocycles. The molecule has 2 heterocycles. The van der Waals surface area contributed by atoms with Crippen molar-refractivity contribution in [3.63, 3.8) is 0 Å². The number of carboxylic acid groups (broad SMARTS) is 1. The molecule has 0 unspecified atom stereocenters. The summed E-state index contributed by atoms with van der Waals surface area (Å²) in [6, 6.07) is 5.20. The Kier molecular flexibility index (Phi) is 7.07. The van der Waals surface area contributed by atoms with Gasteiger partial charge in [0.25, 0.3) is 0 Å². The summed E-state index contributed by atoms with van der Waals surface area (Å²) in [6.45, 7) is 4.39. The summed E-state index contributed by atoms with van der Waals surface area (Å²) in [5.41, 5.74) is 8.88. The topological polar surface area (TPSA) is 134 Å². The molecule has 3 rings (SSSR count). The van der Waals surface area contributed by atoms with Gasteiger partial charge in [-0.3, -0.25) is 4.79 Å². The Balaban J connectivity index is 1.80. The highest BCUT2D eigenvalue weighted by Crippen LogP contribution is 2.35. The number of benzene rings is 1. The number of carbonyl (C=O) groups is 1. The third-order valence-electron chi connectivity index (χ3n) is 5.50. The van der Waals surface area contributed by atoms with Crippen LogP contribution in [0.4, 0.5) is 5.82 Å². The van der Waals surface area contributed by atoms with Crippen LogP contribution >= 0.6 is 0 Å². The number of hydrogen-bond donors (Lipinski definition) is 4. The molecule has 9 heteroatoms. The standard InChI is InChI=1S/C21H29N5O4/c1-13-17(11-22)21(23-14-4-3-8-26(12-14)9-7-19(28)29)25-24-20(13)16-6-5-15(30-2)10-18(16)27/h5-6,10,14,27H,3-4,7-9,11-12,22H2,1-2H3,(H,23,25)(H,28,29)/t14-/m1/s1. The largest absolute Gasteiger partial charge is 0.507 e. The van der Waals surface area contributed by atoms with E-state index in [-0.39, 0.29) is 24.8 Å². The fourth-order valence-electron chi connectivity index (χ4n) is 3.84. The van der Waals surface area contributed by atoms with Crippen molar-refractivity contribution in [2.24, 2.45) is 5.73 Å². The van der Waals surface area contributed by atoms with E-state index in [0.29, 0.717) is 29.4 Å². The van der Waals surface area contributed by atoms with Gasteiger partial charge in [0.05, 0.1) is 13.5 Å². The van der Waals surface area contributed by atoms with Crippen LogP contribution in [0.5, 0.6) is 11.5 Å². The number of piperidine rings is 1. The fraction of sp³-hybridized carbons (Fsp3) is 0.476. The van der Waals surface area contributed by atoms with E-state index in [1.807, 2.05) is 6.92 Å². The van der Waals surface area contributed by atoms with E-state index < -0.39 is 5.97 Å². The lowest BCUT2D eigenvalue weighted by molar-refractivity contribution is -0.137. The molecule has 1 aromatic carbocycles. The number of anilines is 1. The first-order valence-corrected chi connectivity index (χ1v) is 10.1. The Morgan fingerprint density at radius 2 is 2.20 bits per heavy atom. The van der Waals surface area contributed by atoms with Crippen LogP contribution in [-0.2, 0) is 11.3 Å². The number of hydrogen-bond acceptors (Lipinski definition) is 8. The number of ether oxygens (including phenoxy) is 1. The lowest BCUT2D eigenvalue weighted by atomic mass is 10.0. The maximum absolute atomic E-state index is 10.8. The lowest BCUT2D eigenvalue weighted by Crippen LogP contribution is -2.43. The van der Waals surface area contributed by atoms with E-state index >= 15 is 0 Å². The van der Waals surface area contributed by atoms with Gasteiger partial charge in [-0.1, -0.05) is 0 Å². The van der Waals surface area contributed by atoms with Crippen molar-refractivity contribution in [2.75, 3.05) is 32.1 Å². The highest BCUT2D eigenvalue weighted by molar-refractivity contribution is 5.72. The summed E-state index contributed by atoms with van der Waals surface area (Å²) < 4.78 is 5.14. The Morgan fingerprint density at radius 3 is 2.87 bits per heavy atom. The number of likely N-dealkylation sites (tertiary alicyclic amines) is 1. The molecular formula is C21H29N5O4. The van der Waals surface area contributed by atoms with Gasteiger partial charge in [0.15, 0.2) is 5.82 Å². The molecule has 2 aromatic rings. The van der Waals surface area contributed by atoms with Gasteiger partial charge in [-0.2, -0.15) is 0 Å². The quantitative estimate of drug-likeness (QED) is 0.510. The Labute approximate surface area is 175 Å². The second-order valence-corrected chi connectivity index (χ2v) is 7.52. The third kappa shape index (κ3) is 4.98. The van der Waals surface area contributed by atoms with Gasteiger partial charge in [-0.15, -0.1) is 10.2 Å². The second kappa shape index (κ2) is 9.73. The van der Waals surface area contributed by atoms with E-state index in [1.54, 1.807) is 25.3 Å². The first-order chi connectivity index (χ1) is 14.4. The Bertz CT molecular complexity index is 905. The minimum atomic E-state index is -0.783. The zero-order valence-corrected chi connectivity index (χ0v) is 17.4. The van der Waals surface area contributed by atoms with Gasteiger partial charge >= 0.3 is 5.97 Å². The molecule has 30 heavy (non-hydrogen) atoms. The molecule has 0 spiro atoms. The van der Waals surface area contributed by atoms with E-state index in [4.69, 9.17) is 15.6 Å².